The number of hydrogen-bond acceptors (Lipinski definition) is 6. The van der Waals surface area contributed by atoms with Crippen LogP contribution in [0.4, 0.5) is 0 Å². The lowest BCUT2D eigenvalue weighted by atomic mass is 10.0. The standard InChI is InChI=1S/C26H28O6/c1-17-5-6-21(15-18(17)2)7-10-23(29)12-13-24(30)11-8-22-9-14-25(31-19(3)27)26(16-22)32-20(4)28/h5-6,9,12-16H,7-8,10-11H2,1-4H3/b13-12+. The predicted molar refractivity (Wildman–Crippen MR) is 121 cm³/mol. The summed E-state index contributed by atoms with van der Waals surface area (Å²) in [6, 6.07) is 10.9. The molecule has 0 aliphatic carbocycles. The number of benzene rings is 2. The monoisotopic (exact) mass is 436 g/mol. The molecule has 0 aromatic heterocycles. The van der Waals surface area contributed by atoms with E-state index in [1.807, 2.05) is 26.0 Å². The third-order valence-corrected chi connectivity index (χ3v) is 4.86. The maximum Gasteiger partial charge on any atom is 0.308 e. The molecule has 168 valence electrons. The van der Waals surface area contributed by atoms with Crippen LogP contribution in [0.2, 0.25) is 0 Å². The van der Waals surface area contributed by atoms with Gasteiger partial charge in [0.2, 0.25) is 0 Å². The summed E-state index contributed by atoms with van der Waals surface area (Å²) >= 11 is 0. The molecule has 32 heavy (non-hydrogen) atoms. The van der Waals surface area contributed by atoms with E-state index in [1.54, 1.807) is 12.1 Å². The zero-order valence-corrected chi connectivity index (χ0v) is 18.9. The highest BCUT2D eigenvalue weighted by Gasteiger charge is 2.12. The quantitative estimate of drug-likeness (QED) is 0.311. The van der Waals surface area contributed by atoms with Crippen molar-refractivity contribution in [2.45, 2.75) is 53.4 Å². The fourth-order valence-corrected chi connectivity index (χ4v) is 3.03. The molecule has 0 spiro atoms. The van der Waals surface area contributed by atoms with Gasteiger partial charge in [0, 0.05) is 26.7 Å². The van der Waals surface area contributed by atoms with Gasteiger partial charge in [0.05, 0.1) is 0 Å². The summed E-state index contributed by atoms with van der Waals surface area (Å²) in [4.78, 5) is 46.7. The van der Waals surface area contributed by atoms with Crippen LogP contribution in [0.15, 0.2) is 48.6 Å². The molecule has 0 N–H and O–H groups in total. The summed E-state index contributed by atoms with van der Waals surface area (Å²) in [5.41, 5.74) is 4.24. The maximum absolute atomic E-state index is 12.2. The molecular weight excluding hydrogens is 408 g/mol. The molecule has 6 nitrogen and oxygen atoms in total. The number of rotatable bonds is 10. The Bertz CT molecular complexity index is 1050. The molecule has 6 heteroatoms. The molecule has 2 aromatic rings. The lowest BCUT2D eigenvalue weighted by Crippen LogP contribution is -2.07. The first kappa shape index (κ1) is 24.7. The van der Waals surface area contributed by atoms with E-state index in [4.69, 9.17) is 9.47 Å². The normalized spacial score (nSPS) is 10.8. The van der Waals surface area contributed by atoms with Crippen molar-refractivity contribution in [2.75, 3.05) is 0 Å². The number of hydrogen-bond donors (Lipinski definition) is 0. The molecule has 0 saturated carbocycles. The highest BCUT2D eigenvalue weighted by atomic mass is 16.6. The lowest BCUT2D eigenvalue weighted by Gasteiger charge is -2.10. The molecule has 0 atom stereocenters. The van der Waals surface area contributed by atoms with E-state index in [0.29, 0.717) is 19.3 Å². The van der Waals surface area contributed by atoms with Gasteiger partial charge in [-0.1, -0.05) is 24.3 Å². The summed E-state index contributed by atoms with van der Waals surface area (Å²) < 4.78 is 10.1. The largest absolute Gasteiger partial charge is 0.423 e. The number of esters is 2. The van der Waals surface area contributed by atoms with Crippen LogP contribution in [0.1, 0.15) is 48.9 Å². The van der Waals surface area contributed by atoms with Gasteiger partial charge in [0.15, 0.2) is 23.1 Å². The van der Waals surface area contributed by atoms with Crippen LogP contribution >= 0.6 is 0 Å². The van der Waals surface area contributed by atoms with Gasteiger partial charge in [0.25, 0.3) is 0 Å². The second-order valence-electron chi connectivity index (χ2n) is 7.65. The van der Waals surface area contributed by atoms with Gasteiger partial charge >= 0.3 is 11.9 Å². The maximum atomic E-state index is 12.2. The summed E-state index contributed by atoms with van der Waals surface area (Å²) in [6.45, 7) is 6.58. The van der Waals surface area contributed by atoms with Crippen LogP contribution in [0.5, 0.6) is 11.5 Å². The molecule has 0 fully saturated rings. The van der Waals surface area contributed by atoms with Crippen LogP contribution in [-0.4, -0.2) is 23.5 Å². The Morgan fingerprint density at radius 3 is 1.72 bits per heavy atom. The molecule has 0 saturated heterocycles. The van der Waals surface area contributed by atoms with Crippen molar-refractivity contribution in [1.82, 2.24) is 0 Å². The van der Waals surface area contributed by atoms with Gasteiger partial charge < -0.3 is 9.47 Å². The van der Waals surface area contributed by atoms with E-state index < -0.39 is 11.9 Å². The summed E-state index contributed by atoms with van der Waals surface area (Å²) in [5, 5.41) is 0. The topological polar surface area (TPSA) is 86.7 Å². The van der Waals surface area contributed by atoms with Gasteiger partial charge in [-0.2, -0.15) is 0 Å². The van der Waals surface area contributed by atoms with E-state index >= 15 is 0 Å². The fourth-order valence-electron chi connectivity index (χ4n) is 3.03. The first-order chi connectivity index (χ1) is 15.1. The Kier molecular flexibility index (Phi) is 9.08. The van der Waals surface area contributed by atoms with Gasteiger partial charge in [-0.3, -0.25) is 19.2 Å². The van der Waals surface area contributed by atoms with Crippen molar-refractivity contribution in [2.24, 2.45) is 0 Å². The molecule has 0 aliphatic heterocycles. The van der Waals surface area contributed by atoms with Crippen molar-refractivity contribution in [3.05, 3.63) is 70.8 Å². The van der Waals surface area contributed by atoms with E-state index in [9.17, 15) is 19.2 Å². The number of aryl methyl sites for hydroxylation is 4. The summed E-state index contributed by atoms with van der Waals surface area (Å²) in [7, 11) is 0. The van der Waals surface area contributed by atoms with Gasteiger partial charge in [0.1, 0.15) is 0 Å². The summed E-state index contributed by atoms with van der Waals surface area (Å²) in [6.07, 6.45) is 4.18. The number of ketones is 2. The highest BCUT2D eigenvalue weighted by Crippen LogP contribution is 2.29. The first-order valence-electron chi connectivity index (χ1n) is 10.4. The van der Waals surface area contributed by atoms with E-state index in [-0.39, 0.29) is 29.5 Å². The van der Waals surface area contributed by atoms with Crippen molar-refractivity contribution >= 4 is 23.5 Å². The van der Waals surface area contributed by atoms with Crippen molar-refractivity contribution in [3.8, 4) is 11.5 Å². The van der Waals surface area contributed by atoms with E-state index in [1.165, 1.54) is 43.2 Å². The third-order valence-electron chi connectivity index (χ3n) is 4.86. The Morgan fingerprint density at radius 1 is 0.688 bits per heavy atom. The molecule has 0 amide bonds. The van der Waals surface area contributed by atoms with Crippen molar-refractivity contribution in [1.29, 1.82) is 0 Å². The third kappa shape index (κ3) is 8.30. The average molecular weight is 437 g/mol. The minimum Gasteiger partial charge on any atom is -0.423 e. The SMILES string of the molecule is CC(=O)Oc1ccc(CCC(=O)/C=C/C(=O)CCc2ccc(C)c(C)c2)cc1OC(C)=O. The molecule has 0 aliphatic rings. The van der Waals surface area contributed by atoms with E-state index in [2.05, 4.69) is 6.07 Å². The summed E-state index contributed by atoms with van der Waals surface area (Å²) in [5.74, 6) is -1.10. The van der Waals surface area contributed by atoms with Crippen LogP contribution in [0, 0.1) is 13.8 Å². The zero-order valence-electron chi connectivity index (χ0n) is 18.9. The minimum atomic E-state index is -0.547. The number of carbonyl (C=O) groups excluding carboxylic acids is 4. The van der Waals surface area contributed by atoms with Crippen LogP contribution in [-0.2, 0) is 32.0 Å². The van der Waals surface area contributed by atoms with Gasteiger partial charge in [-0.05, 0) is 73.2 Å². The van der Waals surface area contributed by atoms with Crippen LogP contribution in [0.25, 0.3) is 0 Å². The Labute approximate surface area is 188 Å². The average Bonchev–Trinajstić information content (AvgIpc) is 2.72. The Morgan fingerprint density at radius 2 is 1.19 bits per heavy atom. The van der Waals surface area contributed by atoms with Crippen molar-refractivity contribution < 1.29 is 28.7 Å². The molecule has 0 radical (unpaired) electrons. The predicted octanol–water partition coefficient (Wildman–Crippen LogP) is 4.41. The Balaban J connectivity index is 1.88. The number of allylic oxidation sites excluding steroid dienone is 2. The van der Waals surface area contributed by atoms with Crippen LogP contribution < -0.4 is 9.47 Å². The molecule has 2 rings (SSSR count). The van der Waals surface area contributed by atoms with Crippen molar-refractivity contribution in [3.63, 3.8) is 0 Å². The van der Waals surface area contributed by atoms with Gasteiger partial charge in [-0.25, -0.2) is 0 Å². The smallest absolute Gasteiger partial charge is 0.308 e. The molecule has 2 aromatic carbocycles. The lowest BCUT2D eigenvalue weighted by molar-refractivity contribution is -0.134. The molecular formula is C26H28O6. The zero-order chi connectivity index (χ0) is 23.7. The fraction of sp³-hybridized carbons (Fsp3) is 0.308. The highest BCUT2D eigenvalue weighted by molar-refractivity contribution is 5.98. The number of ether oxygens (including phenoxy) is 2. The molecule has 0 heterocycles. The first-order valence-corrected chi connectivity index (χ1v) is 10.4. The minimum absolute atomic E-state index is 0.0977. The Hall–Kier alpha value is -3.54. The van der Waals surface area contributed by atoms with Gasteiger partial charge in [-0.15, -0.1) is 0 Å². The van der Waals surface area contributed by atoms with Crippen LogP contribution in [0.3, 0.4) is 0 Å². The number of carbonyl (C=O) groups is 4. The van der Waals surface area contributed by atoms with E-state index in [0.717, 1.165) is 11.1 Å². The molecule has 0 bridgehead atoms. The second kappa shape index (κ2) is 11.7. The second-order valence-corrected chi connectivity index (χ2v) is 7.65. The molecule has 0 unspecified atom stereocenters.